The average molecular weight is 547 g/mol. The van der Waals surface area contributed by atoms with Crippen LogP contribution in [0.5, 0.6) is 0 Å². The summed E-state index contributed by atoms with van der Waals surface area (Å²) in [6, 6.07) is 11.2. The molecule has 0 aliphatic carbocycles. The quantitative estimate of drug-likeness (QED) is 0.364. The Kier molecular flexibility index (Phi) is 11.1. The number of aliphatic carboxylic acids is 1. The summed E-state index contributed by atoms with van der Waals surface area (Å²) in [5.41, 5.74) is 2.25. The Hall–Kier alpha value is -3.39. The van der Waals surface area contributed by atoms with E-state index in [4.69, 9.17) is 14.3 Å². The molecule has 2 aromatic rings. The maximum atomic E-state index is 12.3. The number of rotatable bonds is 11. The molecule has 0 spiro atoms. The van der Waals surface area contributed by atoms with Crippen LogP contribution in [0.2, 0.25) is 0 Å². The Balaban J connectivity index is 0.000000604. The number of sulfone groups is 1. The first kappa shape index (κ1) is 29.8. The maximum absolute atomic E-state index is 12.3. The third-order valence-corrected chi connectivity index (χ3v) is 6.57. The molecule has 37 heavy (non-hydrogen) atoms. The Morgan fingerprint density at radius 3 is 2.43 bits per heavy atom. The number of carbonyl (C=O) groups is 2. The predicted octanol–water partition coefficient (Wildman–Crippen LogP) is 2.06. The number of carboxylic acids is 1. The fourth-order valence-corrected chi connectivity index (χ4v) is 4.16. The Morgan fingerprint density at radius 1 is 1.22 bits per heavy atom. The van der Waals surface area contributed by atoms with Crippen LogP contribution in [0.3, 0.4) is 0 Å². The van der Waals surface area contributed by atoms with Crippen molar-refractivity contribution in [1.29, 1.82) is 0 Å². The van der Waals surface area contributed by atoms with Gasteiger partial charge in [0.2, 0.25) is 20.8 Å². The van der Waals surface area contributed by atoms with Crippen LogP contribution >= 0.6 is 0 Å². The lowest BCUT2D eigenvalue weighted by Gasteiger charge is -2.17. The van der Waals surface area contributed by atoms with E-state index in [0.29, 0.717) is 25.9 Å². The molecule has 1 aromatic carbocycles. The van der Waals surface area contributed by atoms with Crippen molar-refractivity contribution < 1.29 is 40.7 Å². The molecular weight excluding hydrogens is 517 g/mol. The largest absolute Gasteiger partial charge is 0.490 e. The lowest BCUT2D eigenvalue weighted by atomic mass is 10.1. The molecule has 10 nitrogen and oxygen atoms in total. The van der Waals surface area contributed by atoms with Gasteiger partial charge in [0.05, 0.1) is 12.8 Å². The van der Waals surface area contributed by atoms with Crippen LogP contribution < -0.4 is 10.6 Å². The third-order valence-electron chi connectivity index (χ3n) is 5.14. The highest BCUT2D eigenvalue weighted by molar-refractivity contribution is 7.91. The number of carbonyl (C=O) groups excluding carboxylic acids is 1. The van der Waals surface area contributed by atoms with Gasteiger partial charge in [0.1, 0.15) is 11.7 Å². The number of halogens is 3. The second kappa shape index (κ2) is 13.8. The molecule has 14 heteroatoms. The van der Waals surface area contributed by atoms with Gasteiger partial charge in [0.25, 0.3) is 0 Å². The second-order valence-corrected chi connectivity index (χ2v) is 9.94. The molecule has 1 aliphatic rings. The topological polar surface area (TPSA) is 141 Å². The average Bonchev–Trinajstić information content (AvgIpc) is 3.57. The van der Waals surface area contributed by atoms with Gasteiger partial charge < -0.3 is 25.1 Å². The van der Waals surface area contributed by atoms with E-state index in [-0.39, 0.29) is 16.9 Å². The van der Waals surface area contributed by atoms with E-state index in [2.05, 4.69) is 39.9 Å². The SMILES string of the molecule is CN(CCc1ccc(C2=NCCN2)cc1)C(=O)CCCNCS(=O)(=O)c1ccco1.O=C(O)C(F)(F)F. The van der Waals surface area contributed by atoms with Crippen molar-refractivity contribution in [3.63, 3.8) is 0 Å². The van der Waals surface area contributed by atoms with Gasteiger partial charge in [-0.3, -0.25) is 9.79 Å². The molecule has 3 N–H and O–H groups in total. The van der Waals surface area contributed by atoms with Gasteiger partial charge in [-0.05, 0) is 37.1 Å². The van der Waals surface area contributed by atoms with E-state index in [1.807, 2.05) is 0 Å². The van der Waals surface area contributed by atoms with E-state index in [0.717, 1.165) is 30.9 Å². The minimum Gasteiger partial charge on any atom is -0.475 e. The molecule has 1 amide bonds. The Bertz CT molecular complexity index is 1150. The number of alkyl halides is 3. The number of hydrogen-bond donors (Lipinski definition) is 3. The molecule has 204 valence electrons. The first-order valence-corrected chi connectivity index (χ1v) is 12.9. The van der Waals surface area contributed by atoms with Crippen LogP contribution in [-0.2, 0) is 25.8 Å². The number of nitrogens with zero attached hydrogens (tertiary/aromatic N) is 2. The summed E-state index contributed by atoms with van der Waals surface area (Å²) < 4.78 is 60.6. The second-order valence-electron chi connectivity index (χ2n) is 8.02. The van der Waals surface area contributed by atoms with Crippen molar-refractivity contribution in [2.75, 3.05) is 39.1 Å². The fraction of sp³-hybridized carbons (Fsp3) is 0.435. The highest BCUT2D eigenvalue weighted by Gasteiger charge is 2.38. The number of furan rings is 1. The molecule has 0 bridgehead atoms. The van der Waals surface area contributed by atoms with Crippen LogP contribution in [0.4, 0.5) is 13.2 Å². The van der Waals surface area contributed by atoms with Gasteiger partial charge in [0.15, 0.2) is 0 Å². The summed E-state index contributed by atoms with van der Waals surface area (Å²) >= 11 is 0. The van der Waals surface area contributed by atoms with Crippen LogP contribution in [0.15, 0.2) is 57.2 Å². The van der Waals surface area contributed by atoms with Crippen molar-refractivity contribution in [2.45, 2.75) is 30.5 Å². The summed E-state index contributed by atoms with van der Waals surface area (Å²) in [6.45, 7) is 2.79. The van der Waals surface area contributed by atoms with Gasteiger partial charge >= 0.3 is 12.1 Å². The molecule has 3 rings (SSSR count). The van der Waals surface area contributed by atoms with Gasteiger partial charge in [-0.25, -0.2) is 13.2 Å². The summed E-state index contributed by atoms with van der Waals surface area (Å²) in [5, 5.41) is 13.2. The monoisotopic (exact) mass is 546 g/mol. The normalized spacial score (nSPS) is 13.2. The standard InChI is InChI=1S/C21H28N4O4S.C2HF3O2/c1-25(14-10-17-6-8-18(9-7-17)21-23-12-13-24-21)19(26)4-2-11-22-16-30(27,28)20-5-3-15-29-20;3-2(4,5)1(6)7/h3,5-9,15,22H,2,4,10-14,16H2,1H3,(H,23,24);(H,6,7). The van der Waals surface area contributed by atoms with Crippen LogP contribution in [0.25, 0.3) is 0 Å². The zero-order valence-electron chi connectivity index (χ0n) is 20.1. The van der Waals surface area contributed by atoms with E-state index >= 15 is 0 Å². The maximum Gasteiger partial charge on any atom is 0.490 e. The fourth-order valence-electron chi connectivity index (χ4n) is 3.12. The van der Waals surface area contributed by atoms with Crippen LogP contribution in [-0.4, -0.2) is 81.4 Å². The van der Waals surface area contributed by atoms with Crippen molar-refractivity contribution in [1.82, 2.24) is 15.5 Å². The molecule has 0 fully saturated rings. The number of carboxylic acid groups (broad SMARTS) is 1. The minimum absolute atomic E-state index is 0.0480. The van der Waals surface area contributed by atoms with Gasteiger partial charge in [-0.1, -0.05) is 24.3 Å². The number of nitrogens with one attached hydrogen (secondary N) is 2. The third kappa shape index (κ3) is 10.2. The number of likely N-dealkylation sites (N-methyl/N-ethyl adjacent to an activating group) is 1. The van der Waals surface area contributed by atoms with Crippen molar-refractivity contribution in [3.8, 4) is 0 Å². The molecule has 1 aromatic heterocycles. The summed E-state index contributed by atoms with van der Waals surface area (Å²) in [7, 11) is -1.67. The van der Waals surface area contributed by atoms with Crippen molar-refractivity contribution >= 4 is 27.5 Å². The zero-order chi connectivity index (χ0) is 27.5. The lowest BCUT2D eigenvalue weighted by molar-refractivity contribution is -0.192. The predicted molar refractivity (Wildman–Crippen MR) is 129 cm³/mol. The first-order chi connectivity index (χ1) is 17.4. The highest BCUT2D eigenvalue weighted by Crippen LogP contribution is 2.13. The molecule has 2 heterocycles. The molecule has 0 radical (unpaired) electrons. The van der Waals surface area contributed by atoms with E-state index in [1.165, 1.54) is 24.0 Å². The van der Waals surface area contributed by atoms with E-state index < -0.39 is 22.0 Å². The van der Waals surface area contributed by atoms with Gasteiger partial charge in [-0.2, -0.15) is 13.2 Å². The van der Waals surface area contributed by atoms with Gasteiger partial charge in [0, 0.05) is 32.1 Å². The molecule has 0 atom stereocenters. The number of aliphatic imine (C=N–C) groups is 1. The number of hydrogen-bond acceptors (Lipinski definition) is 8. The first-order valence-electron chi connectivity index (χ1n) is 11.3. The van der Waals surface area contributed by atoms with E-state index in [1.54, 1.807) is 11.9 Å². The number of benzene rings is 1. The number of amides is 1. The van der Waals surface area contributed by atoms with E-state index in [9.17, 15) is 26.4 Å². The molecule has 0 unspecified atom stereocenters. The summed E-state index contributed by atoms with van der Waals surface area (Å²) in [6.07, 6.45) is -2.03. The van der Waals surface area contributed by atoms with Crippen LogP contribution in [0.1, 0.15) is 24.0 Å². The molecule has 0 saturated carbocycles. The number of amidine groups is 1. The molecule has 0 saturated heterocycles. The minimum atomic E-state index is -5.08. The van der Waals surface area contributed by atoms with Crippen LogP contribution in [0, 0.1) is 0 Å². The Labute approximate surface area is 212 Å². The molecular formula is C23H29F3N4O6S. The van der Waals surface area contributed by atoms with Crippen molar-refractivity contribution in [3.05, 3.63) is 53.8 Å². The Morgan fingerprint density at radius 2 is 1.89 bits per heavy atom. The highest BCUT2D eigenvalue weighted by atomic mass is 32.2. The summed E-state index contributed by atoms with van der Waals surface area (Å²) in [5.74, 6) is -1.97. The van der Waals surface area contributed by atoms with Gasteiger partial charge in [-0.15, -0.1) is 0 Å². The lowest BCUT2D eigenvalue weighted by Crippen LogP contribution is -2.30. The zero-order valence-corrected chi connectivity index (χ0v) is 20.9. The molecule has 1 aliphatic heterocycles. The van der Waals surface area contributed by atoms with Crippen molar-refractivity contribution in [2.24, 2.45) is 4.99 Å². The smallest absolute Gasteiger partial charge is 0.475 e. The summed E-state index contributed by atoms with van der Waals surface area (Å²) in [4.78, 5) is 27.3.